The van der Waals surface area contributed by atoms with Crippen LogP contribution in [0.2, 0.25) is 0 Å². The largest absolute Gasteiger partial charge is 0.496 e. The van der Waals surface area contributed by atoms with E-state index in [1.165, 1.54) is 30.4 Å². The molecule has 0 N–H and O–H groups in total. The van der Waals surface area contributed by atoms with Crippen molar-refractivity contribution < 1.29 is 13.9 Å². The highest BCUT2D eigenvalue weighted by atomic mass is 19.1. The second-order valence-corrected chi connectivity index (χ2v) is 7.46. The van der Waals surface area contributed by atoms with Crippen LogP contribution in [0, 0.1) is 0 Å². The number of fused-ring (bicyclic) bond motifs is 1. The number of benzene rings is 1. The van der Waals surface area contributed by atoms with Gasteiger partial charge in [-0.2, -0.15) is 0 Å². The number of aryl methyl sites for hydroxylation is 2. The first-order valence-electron chi connectivity index (χ1n) is 9.14. The van der Waals surface area contributed by atoms with E-state index in [2.05, 4.69) is 12.1 Å². The maximum Gasteiger partial charge on any atom is 0.227 e. The van der Waals surface area contributed by atoms with E-state index in [9.17, 15) is 9.18 Å². The lowest BCUT2D eigenvalue weighted by atomic mass is 9.94. The van der Waals surface area contributed by atoms with E-state index in [1.807, 2.05) is 0 Å². The van der Waals surface area contributed by atoms with E-state index in [4.69, 9.17) is 4.74 Å². The standard InChI is InChI=1S/C20H28FNO2/c1-20(21)8-10-22(11-9-20)19(23)14-17-12-15-6-4-3-5-7-16(15)13-18(17)24-2/h12-13H,3-11,14H2,1-2H3. The molecule has 4 heteroatoms. The van der Waals surface area contributed by atoms with Crippen LogP contribution in [0.3, 0.4) is 0 Å². The summed E-state index contributed by atoms with van der Waals surface area (Å²) in [4.78, 5) is 14.4. The van der Waals surface area contributed by atoms with Gasteiger partial charge in [0.05, 0.1) is 13.5 Å². The predicted octanol–water partition coefficient (Wildman–Crippen LogP) is 3.86. The lowest BCUT2D eigenvalue weighted by Gasteiger charge is -2.34. The highest BCUT2D eigenvalue weighted by molar-refractivity contribution is 5.79. The third-order valence-corrected chi connectivity index (χ3v) is 5.50. The number of piperidine rings is 1. The summed E-state index contributed by atoms with van der Waals surface area (Å²) in [5.74, 6) is 0.897. The van der Waals surface area contributed by atoms with E-state index >= 15 is 0 Å². The molecule has 1 amide bonds. The molecule has 1 heterocycles. The van der Waals surface area contributed by atoms with Crippen molar-refractivity contribution in [3.05, 3.63) is 28.8 Å². The number of ether oxygens (including phenoxy) is 1. The van der Waals surface area contributed by atoms with E-state index in [0.717, 1.165) is 24.2 Å². The van der Waals surface area contributed by atoms with Gasteiger partial charge in [0.2, 0.25) is 5.91 Å². The third-order valence-electron chi connectivity index (χ3n) is 5.50. The summed E-state index contributed by atoms with van der Waals surface area (Å²) < 4.78 is 19.5. The van der Waals surface area contributed by atoms with Gasteiger partial charge in [-0.3, -0.25) is 4.79 Å². The highest BCUT2D eigenvalue weighted by Crippen LogP contribution is 2.30. The van der Waals surface area contributed by atoms with Crippen molar-refractivity contribution in [1.82, 2.24) is 4.90 Å². The van der Waals surface area contributed by atoms with Crippen LogP contribution in [-0.4, -0.2) is 36.7 Å². The minimum absolute atomic E-state index is 0.0809. The molecule has 0 atom stereocenters. The first-order chi connectivity index (χ1) is 11.5. The number of alkyl halides is 1. The SMILES string of the molecule is COc1cc2c(cc1CC(=O)N1CCC(C)(F)CC1)CCCCC2. The smallest absolute Gasteiger partial charge is 0.227 e. The summed E-state index contributed by atoms with van der Waals surface area (Å²) in [6, 6.07) is 4.29. The first kappa shape index (κ1) is 17.2. The van der Waals surface area contributed by atoms with Gasteiger partial charge < -0.3 is 9.64 Å². The summed E-state index contributed by atoms with van der Waals surface area (Å²) in [6.45, 7) is 2.66. The zero-order valence-corrected chi connectivity index (χ0v) is 14.9. The Morgan fingerprint density at radius 2 is 1.79 bits per heavy atom. The molecule has 1 aliphatic carbocycles. The maximum atomic E-state index is 13.9. The van der Waals surface area contributed by atoms with Gasteiger partial charge in [-0.15, -0.1) is 0 Å². The molecule has 0 aromatic heterocycles. The summed E-state index contributed by atoms with van der Waals surface area (Å²) in [5.41, 5.74) is 2.58. The predicted molar refractivity (Wildman–Crippen MR) is 93.3 cm³/mol. The number of carbonyl (C=O) groups is 1. The highest BCUT2D eigenvalue weighted by Gasteiger charge is 2.31. The molecule has 0 bridgehead atoms. The normalized spacial score (nSPS) is 20.2. The van der Waals surface area contributed by atoms with Gasteiger partial charge in [-0.25, -0.2) is 4.39 Å². The molecule has 1 saturated heterocycles. The summed E-state index contributed by atoms with van der Waals surface area (Å²) >= 11 is 0. The molecule has 0 saturated carbocycles. The van der Waals surface area contributed by atoms with Crippen LogP contribution < -0.4 is 4.74 Å². The van der Waals surface area contributed by atoms with E-state index in [0.29, 0.717) is 32.4 Å². The van der Waals surface area contributed by atoms with Gasteiger partial charge >= 0.3 is 0 Å². The molecule has 1 aliphatic heterocycles. The Bertz CT molecular complexity index is 602. The first-order valence-corrected chi connectivity index (χ1v) is 9.14. The summed E-state index contributed by atoms with van der Waals surface area (Å²) in [7, 11) is 1.67. The number of halogens is 1. The van der Waals surface area contributed by atoms with Crippen molar-refractivity contribution in [2.45, 2.75) is 64.0 Å². The maximum absolute atomic E-state index is 13.9. The van der Waals surface area contributed by atoms with E-state index < -0.39 is 5.67 Å². The third kappa shape index (κ3) is 3.90. The molecule has 1 aromatic rings. The zero-order valence-electron chi connectivity index (χ0n) is 14.9. The number of likely N-dealkylation sites (tertiary alicyclic amines) is 1. The molecule has 1 aromatic carbocycles. The van der Waals surface area contributed by atoms with E-state index in [1.54, 1.807) is 18.9 Å². The van der Waals surface area contributed by atoms with E-state index in [-0.39, 0.29) is 5.91 Å². The van der Waals surface area contributed by atoms with Crippen LogP contribution in [-0.2, 0) is 24.1 Å². The van der Waals surface area contributed by atoms with Crippen LogP contribution in [0.15, 0.2) is 12.1 Å². The summed E-state index contributed by atoms with van der Waals surface area (Å²) in [5, 5.41) is 0. The van der Waals surface area contributed by atoms with Gasteiger partial charge in [0, 0.05) is 18.7 Å². The average molecular weight is 333 g/mol. The van der Waals surface area contributed by atoms with Crippen LogP contribution in [0.1, 0.15) is 55.7 Å². The number of hydrogen-bond acceptors (Lipinski definition) is 2. The number of hydrogen-bond donors (Lipinski definition) is 0. The van der Waals surface area contributed by atoms with Gasteiger partial charge in [0.15, 0.2) is 0 Å². The van der Waals surface area contributed by atoms with Crippen LogP contribution in [0.25, 0.3) is 0 Å². The molecule has 0 spiro atoms. The Kier molecular flexibility index (Phi) is 5.12. The quantitative estimate of drug-likeness (QED) is 0.786. The van der Waals surface area contributed by atoms with Crippen molar-refractivity contribution in [2.24, 2.45) is 0 Å². The fourth-order valence-electron chi connectivity index (χ4n) is 3.82. The molecule has 0 unspecified atom stereocenters. The minimum atomic E-state index is -1.13. The second-order valence-electron chi connectivity index (χ2n) is 7.46. The fraction of sp³-hybridized carbons (Fsp3) is 0.650. The van der Waals surface area contributed by atoms with Gasteiger partial charge in [0.25, 0.3) is 0 Å². The molecular formula is C20H28FNO2. The molecule has 24 heavy (non-hydrogen) atoms. The van der Waals surface area contributed by atoms with Crippen molar-refractivity contribution >= 4 is 5.91 Å². The fourth-order valence-corrected chi connectivity index (χ4v) is 3.82. The van der Waals surface area contributed by atoms with Crippen molar-refractivity contribution in [1.29, 1.82) is 0 Å². The molecule has 2 aliphatic rings. The molecular weight excluding hydrogens is 305 g/mol. The molecule has 132 valence electrons. The minimum Gasteiger partial charge on any atom is -0.496 e. The average Bonchev–Trinajstić information content (AvgIpc) is 2.78. The number of nitrogens with zero attached hydrogens (tertiary/aromatic N) is 1. The lowest BCUT2D eigenvalue weighted by molar-refractivity contribution is -0.132. The van der Waals surface area contributed by atoms with Gasteiger partial charge in [0.1, 0.15) is 11.4 Å². The zero-order chi connectivity index (χ0) is 17.2. The summed E-state index contributed by atoms with van der Waals surface area (Å²) in [6.07, 6.45) is 7.10. The van der Waals surface area contributed by atoms with Crippen molar-refractivity contribution in [3.63, 3.8) is 0 Å². The number of carbonyl (C=O) groups excluding carboxylic acids is 1. The van der Waals surface area contributed by atoms with Crippen molar-refractivity contribution in [3.8, 4) is 5.75 Å². The Hall–Kier alpha value is -1.58. The van der Waals surface area contributed by atoms with Gasteiger partial charge in [-0.05, 0) is 62.6 Å². The Morgan fingerprint density at radius 1 is 1.17 bits per heavy atom. The molecule has 3 rings (SSSR count). The van der Waals surface area contributed by atoms with Crippen LogP contribution >= 0.6 is 0 Å². The molecule has 0 radical (unpaired) electrons. The lowest BCUT2D eigenvalue weighted by Crippen LogP contribution is -2.43. The van der Waals surface area contributed by atoms with Crippen LogP contribution in [0.4, 0.5) is 4.39 Å². The molecule has 1 fully saturated rings. The Balaban J connectivity index is 1.74. The monoisotopic (exact) mass is 333 g/mol. The van der Waals surface area contributed by atoms with Crippen molar-refractivity contribution in [2.75, 3.05) is 20.2 Å². The van der Waals surface area contributed by atoms with Gasteiger partial charge in [-0.1, -0.05) is 12.5 Å². The molecule has 3 nitrogen and oxygen atoms in total. The number of methoxy groups -OCH3 is 1. The number of rotatable bonds is 3. The number of amides is 1. The Labute approximate surface area is 144 Å². The van der Waals surface area contributed by atoms with Crippen LogP contribution in [0.5, 0.6) is 5.75 Å². The topological polar surface area (TPSA) is 29.5 Å². The second kappa shape index (κ2) is 7.12. The Morgan fingerprint density at radius 3 is 2.42 bits per heavy atom.